The number of fused-ring (bicyclic) bond motifs is 3. The minimum Gasteiger partial charge on any atom is -0.462 e. The second-order valence-electron chi connectivity index (χ2n) is 6.62. The van der Waals surface area contributed by atoms with Crippen LogP contribution in [0.2, 0.25) is 0 Å². The summed E-state index contributed by atoms with van der Waals surface area (Å²) in [5.41, 5.74) is 1.28. The molecule has 118 valence electrons. The molecule has 1 aliphatic heterocycles. The highest BCUT2D eigenvalue weighted by Gasteiger charge is 2.56. The van der Waals surface area contributed by atoms with Crippen molar-refractivity contribution in [1.29, 1.82) is 0 Å². The summed E-state index contributed by atoms with van der Waals surface area (Å²) in [6.45, 7) is 9.07. The van der Waals surface area contributed by atoms with Crippen molar-refractivity contribution >= 4 is 17.7 Å². The Balaban J connectivity index is 2.04. The van der Waals surface area contributed by atoms with Crippen molar-refractivity contribution in [3.05, 3.63) is 23.8 Å². The highest BCUT2D eigenvalue weighted by atomic mass is 16.6. The quantitative estimate of drug-likeness (QED) is 0.546. The lowest BCUT2D eigenvalue weighted by molar-refractivity contribution is -0.150. The van der Waals surface area contributed by atoms with Gasteiger partial charge in [0.25, 0.3) is 0 Å². The second-order valence-corrected chi connectivity index (χ2v) is 6.62. The van der Waals surface area contributed by atoms with Gasteiger partial charge in [0.15, 0.2) is 5.78 Å². The van der Waals surface area contributed by atoms with E-state index in [4.69, 9.17) is 9.47 Å². The van der Waals surface area contributed by atoms with Crippen molar-refractivity contribution in [3.63, 3.8) is 0 Å². The van der Waals surface area contributed by atoms with Gasteiger partial charge < -0.3 is 9.47 Å². The molecule has 3 rings (SSSR count). The topological polar surface area (TPSA) is 69.7 Å². The van der Waals surface area contributed by atoms with Crippen LogP contribution in [-0.2, 0) is 23.9 Å². The molecule has 2 fully saturated rings. The van der Waals surface area contributed by atoms with Crippen molar-refractivity contribution in [1.82, 2.24) is 0 Å². The Morgan fingerprint density at radius 3 is 2.64 bits per heavy atom. The van der Waals surface area contributed by atoms with Crippen molar-refractivity contribution in [2.24, 2.45) is 23.7 Å². The Labute approximate surface area is 129 Å². The van der Waals surface area contributed by atoms with E-state index >= 15 is 0 Å². The van der Waals surface area contributed by atoms with E-state index < -0.39 is 24.1 Å². The van der Waals surface area contributed by atoms with Gasteiger partial charge in [0.1, 0.15) is 12.2 Å². The summed E-state index contributed by atoms with van der Waals surface area (Å²) in [7, 11) is 0. The summed E-state index contributed by atoms with van der Waals surface area (Å²) in [5, 5.41) is 0. The molecule has 0 aromatic rings. The molecule has 3 aliphatic rings. The van der Waals surface area contributed by atoms with Gasteiger partial charge in [-0.05, 0) is 25.3 Å². The Morgan fingerprint density at radius 1 is 1.32 bits per heavy atom. The maximum atomic E-state index is 12.3. The minimum atomic E-state index is -0.470. The molecule has 2 aliphatic carbocycles. The van der Waals surface area contributed by atoms with Gasteiger partial charge in [0.05, 0.1) is 5.92 Å². The summed E-state index contributed by atoms with van der Waals surface area (Å²) < 4.78 is 11.0. The Hall–Kier alpha value is -1.91. The minimum absolute atomic E-state index is 0.0488. The molecule has 1 saturated heterocycles. The van der Waals surface area contributed by atoms with Crippen LogP contribution in [0, 0.1) is 23.7 Å². The van der Waals surface area contributed by atoms with E-state index in [1.165, 1.54) is 6.92 Å². The summed E-state index contributed by atoms with van der Waals surface area (Å²) in [6, 6.07) is 0. The van der Waals surface area contributed by atoms with E-state index in [-0.39, 0.29) is 29.5 Å². The molecule has 6 unspecified atom stereocenters. The standard InChI is InChI=1S/C17H20O5/c1-7-5-11(19)13-8(2)6-12(21-10(4)18)15-9(3)17(20)22-16(15)14(7)13/h5,8,12-16H,3,6H2,1-2,4H3. The lowest BCUT2D eigenvalue weighted by Crippen LogP contribution is -2.36. The first-order valence-corrected chi connectivity index (χ1v) is 7.60. The smallest absolute Gasteiger partial charge is 0.334 e. The van der Waals surface area contributed by atoms with E-state index in [2.05, 4.69) is 6.58 Å². The third-order valence-electron chi connectivity index (χ3n) is 5.16. The normalized spacial score (nSPS) is 40.5. The van der Waals surface area contributed by atoms with Gasteiger partial charge in [0, 0.05) is 24.3 Å². The second kappa shape index (κ2) is 5.07. The molecule has 22 heavy (non-hydrogen) atoms. The average Bonchev–Trinajstić information content (AvgIpc) is 2.81. The van der Waals surface area contributed by atoms with Gasteiger partial charge in [-0.1, -0.05) is 19.1 Å². The molecule has 0 aromatic heterocycles. The first-order valence-electron chi connectivity index (χ1n) is 7.60. The Kier molecular flexibility index (Phi) is 3.46. The fourth-order valence-electron chi connectivity index (χ4n) is 4.31. The number of rotatable bonds is 1. The molecular weight excluding hydrogens is 284 g/mol. The Morgan fingerprint density at radius 2 is 2.00 bits per heavy atom. The number of ether oxygens (including phenoxy) is 2. The predicted molar refractivity (Wildman–Crippen MR) is 77.6 cm³/mol. The van der Waals surface area contributed by atoms with Gasteiger partial charge in [-0.3, -0.25) is 9.59 Å². The lowest BCUT2D eigenvalue weighted by Gasteiger charge is -2.28. The van der Waals surface area contributed by atoms with Crippen molar-refractivity contribution < 1.29 is 23.9 Å². The fraction of sp³-hybridized carbons (Fsp3) is 0.588. The van der Waals surface area contributed by atoms with Gasteiger partial charge in [-0.25, -0.2) is 4.79 Å². The summed E-state index contributed by atoms with van der Waals surface area (Å²) >= 11 is 0. The third kappa shape index (κ3) is 2.11. The first-order chi connectivity index (χ1) is 10.3. The maximum absolute atomic E-state index is 12.3. The molecule has 0 bridgehead atoms. The summed E-state index contributed by atoms with van der Waals surface area (Å²) in [4.78, 5) is 35.7. The summed E-state index contributed by atoms with van der Waals surface area (Å²) in [6.07, 6.45) is 1.25. The van der Waals surface area contributed by atoms with Crippen LogP contribution in [0.15, 0.2) is 23.8 Å². The monoisotopic (exact) mass is 304 g/mol. The molecule has 0 N–H and O–H groups in total. The van der Waals surface area contributed by atoms with Crippen molar-refractivity contribution in [3.8, 4) is 0 Å². The molecule has 1 saturated carbocycles. The Bertz CT molecular complexity index is 602. The van der Waals surface area contributed by atoms with Crippen molar-refractivity contribution in [2.45, 2.75) is 39.4 Å². The largest absolute Gasteiger partial charge is 0.462 e. The first kappa shape index (κ1) is 15.0. The van der Waals surface area contributed by atoms with E-state index in [0.29, 0.717) is 12.0 Å². The molecule has 1 heterocycles. The fourth-order valence-corrected chi connectivity index (χ4v) is 4.31. The van der Waals surface area contributed by atoms with Gasteiger partial charge in [0.2, 0.25) is 0 Å². The third-order valence-corrected chi connectivity index (χ3v) is 5.16. The van der Waals surface area contributed by atoms with E-state index in [1.807, 2.05) is 13.8 Å². The molecule has 5 nitrogen and oxygen atoms in total. The molecular formula is C17H20O5. The number of esters is 2. The van der Waals surface area contributed by atoms with E-state index in [9.17, 15) is 14.4 Å². The van der Waals surface area contributed by atoms with E-state index in [1.54, 1.807) is 6.08 Å². The molecule has 6 atom stereocenters. The van der Waals surface area contributed by atoms with Crippen LogP contribution in [0.4, 0.5) is 0 Å². The summed E-state index contributed by atoms with van der Waals surface area (Å²) in [5.74, 6) is -1.45. The van der Waals surface area contributed by atoms with Crippen LogP contribution in [0.3, 0.4) is 0 Å². The zero-order valence-electron chi connectivity index (χ0n) is 13.0. The van der Waals surface area contributed by atoms with Crippen LogP contribution in [-0.4, -0.2) is 29.9 Å². The van der Waals surface area contributed by atoms with Gasteiger partial charge >= 0.3 is 11.9 Å². The number of carbonyl (C=O) groups is 3. The van der Waals surface area contributed by atoms with Gasteiger partial charge in [-0.2, -0.15) is 0 Å². The molecule has 0 amide bonds. The number of ketones is 1. The number of allylic oxidation sites excluding steroid dienone is 1. The SMILES string of the molecule is C=C1C(=O)OC2C1C(OC(C)=O)CC(C)C1C(=O)C=C(C)C21. The van der Waals surface area contributed by atoms with Crippen LogP contribution in [0.1, 0.15) is 27.2 Å². The highest BCUT2D eigenvalue weighted by molar-refractivity contribution is 5.97. The molecule has 0 radical (unpaired) electrons. The zero-order valence-corrected chi connectivity index (χ0v) is 13.0. The highest BCUT2D eigenvalue weighted by Crippen LogP contribution is 2.50. The molecule has 0 aromatic carbocycles. The van der Waals surface area contributed by atoms with E-state index in [0.717, 1.165) is 5.57 Å². The zero-order chi connectivity index (χ0) is 16.2. The molecule has 5 heteroatoms. The predicted octanol–water partition coefficient (Wildman–Crippen LogP) is 1.82. The van der Waals surface area contributed by atoms with Crippen LogP contribution in [0.25, 0.3) is 0 Å². The van der Waals surface area contributed by atoms with Crippen LogP contribution in [0.5, 0.6) is 0 Å². The number of hydrogen-bond donors (Lipinski definition) is 0. The number of carbonyl (C=O) groups excluding carboxylic acids is 3. The van der Waals surface area contributed by atoms with Gasteiger partial charge in [-0.15, -0.1) is 0 Å². The average molecular weight is 304 g/mol. The number of hydrogen-bond acceptors (Lipinski definition) is 5. The van der Waals surface area contributed by atoms with Crippen LogP contribution >= 0.6 is 0 Å². The maximum Gasteiger partial charge on any atom is 0.334 e. The van der Waals surface area contributed by atoms with Crippen LogP contribution < -0.4 is 0 Å². The molecule has 0 spiro atoms. The lowest BCUT2D eigenvalue weighted by atomic mass is 9.78. The van der Waals surface area contributed by atoms with Crippen molar-refractivity contribution in [2.75, 3.05) is 0 Å².